The number of piperidine rings is 12. The number of aliphatic hydroxyl groups excluding tert-OH is 4. The van der Waals surface area contributed by atoms with Gasteiger partial charge in [-0.3, -0.25) is 19.9 Å². The Morgan fingerprint density at radius 1 is 0.317 bits per heavy atom. The largest absolute Gasteiger partial charge is 0.382 e. The van der Waals surface area contributed by atoms with Gasteiger partial charge in [0, 0.05) is 144 Å². The van der Waals surface area contributed by atoms with E-state index < -0.39 is 24.4 Å². The highest BCUT2D eigenvalue weighted by atomic mass is 16.3. The Morgan fingerprint density at radius 3 is 0.779 bits per heavy atom. The van der Waals surface area contributed by atoms with Crippen LogP contribution in [0.25, 0.3) is 54.7 Å². The molecule has 4 aromatic heterocycles. The smallest absolute Gasteiger partial charge is 0.131 e. The predicted molar refractivity (Wildman–Crippen MR) is 415 cm³/mol. The molecule has 0 spiro atoms. The van der Waals surface area contributed by atoms with Crippen LogP contribution in [0.3, 0.4) is 0 Å². The van der Waals surface area contributed by atoms with Crippen molar-refractivity contribution in [1.82, 2.24) is 19.9 Å². The van der Waals surface area contributed by atoms with Gasteiger partial charge in [-0.2, -0.15) is 0 Å². The lowest BCUT2D eigenvalue weighted by Crippen LogP contribution is -2.68. The molecule has 12 saturated heterocycles. The van der Waals surface area contributed by atoms with Crippen LogP contribution in [0, 0.1) is 47.3 Å². The topological polar surface area (TPSA) is 132 Å². The van der Waals surface area contributed by atoms with Crippen molar-refractivity contribution in [3.63, 3.8) is 0 Å². The van der Waals surface area contributed by atoms with Crippen molar-refractivity contribution in [3.8, 4) is 11.1 Å². The Bertz CT molecular complexity index is 4220. The first kappa shape index (κ1) is 68.5. The molecule has 12 unspecified atom stereocenters. The zero-order valence-corrected chi connectivity index (χ0v) is 61.9. The van der Waals surface area contributed by atoms with Gasteiger partial charge in [0.15, 0.2) is 0 Å². The van der Waals surface area contributed by atoms with Crippen molar-refractivity contribution < 1.29 is 38.4 Å². The molecular weight excluding hydrogens is 1280 g/mol. The molecule has 22 rings (SSSR count). The number of nitrogens with zero attached hydrogens (tertiary/aromatic N) is 8. The lowest BCUT2D eigenvalue weighted by Gasteiger charge is -2.59. The zero-order chi connectivity index (χ0) is 70.6. The van der Waals surface area contributed by atoms with E-state index in [2.05, 4.69) is 185 Å². The molecule has 12 aliphatic rings. The monoisotopic (exact) mass is 1390 g/mol. The van der Waals surface area contributed by atoms with Crippen molar-refractivity contribution in [2.45, 2.75) is 180 Å². The third-order valence-electron chi connectivity index (χ3n) is 29.8. The number of pyridine rings is 4. The number of rotatable bonds is 21. The van der Waals surface area contributed by atoms with E-state index in [0.717, 1.165) is 214 Å². The molecular formula is C92H110N8O4+4. The first-order chi connectivity index (χ1) is 50.8. The maximum Gasteiger partial charge on any atom is 0.131 e. The second-order valence-corrected chi connectivity index (χ2v) is 34.7. The van der Waals surface area contributed by atoms with Crippen LogP contribution in [0.1, 0.15) is 174 Å². The van der Waals surface area contributed by atoms with Gasteiger partial charge in [0.25, 0.3) is 0 Å². The summed E-state index contributed by atoms with van der Waals surface area (Å²) in [7, 11) is 0. The number of hydrogen-bond acceptors (Lipinski definition) is 8. The van der Waals surface area contributed by atoms with E-state index in [-0.39, 0.29) is 24.2 Å². The van der Waals surface area contributed by atoms with Gasteiger partial charge < -0.3 is 38.4 Å². The highest BCUT2D eigenvalue weighted by Crippen LogP contribution is 2.55. The number of benzene rings is 6. The van der Waals surface area contributed by atoms with Gasteiger partial charge in [-0.25, -0.2) is 0 Å². The highest BCUT2D eigenvalue weighted by Gasteiger charge is 2.59. The third-order valence-corrected chi connectivity index (χ3v) is 29.8. The van der Waals surface area contributed by atoms with Gasteiger partial charge in [0.2, 0.25) is 0 Å². The molecule has 10 aromatic rings. The SMILES string of the molecule is CCC1C[N+]2(Cc3cc(C[N+]45CCC(C[C@H]4[C@H](O)c4ccnc6ccccc46)C(CC)C5)cc(-c4cc(C[N+]56CCC(C[C@H]5[C@H](O)c5ccnc7ccccc57)C(CC)C6)cc(C[N+]56CCC(C[C@H]5[C@H](O)c5ccnc7ccccc57)C(CC)C6)c4)c3)CCC1C[C@H]2[C@H](O)c1ccnc2ccccc12. The van der Waals surface area contributed by atoms with Gasteiger partial charge in [-0.05, 0) is 168 Å². The first-order valence-corrected chi connectivity index (χ1v) is 40.5. The normalized spacial score (nSPS) is 32.5. The molecule has 0 amide bonds. The standard InChI is InChI=1S/C92H110N8O4/c1-5-63-55-97(37-29-67(63)47-85(97)89(101)77-25-33-93-81-21-13-9-17-73(77)81)51-59-41-60(52-98-38-30-68(64(6-2)56-98)48-86(98)90(102)78-26-34-94-82-22-14-10-18-74(78)82)44-71(43-59)72-45-61(53-99-39-31-69(65(7-3)57-99)49-87(99)91(103)79-27-35-95-83-23-15-11-19-75(79)83)42-62(46-72)54-100-40-32-70(66(8-4)58-100)50-88(100)92(104)80-28-36-96-84-24-16-12-20-76(80)84/h9-28,33-36,41-46,63-70,85-92,101-104H,5-8,29-32,37-40,47-58H2,1-4H3/q+4/t63?,64?,65?,66?,67?,68?,69?,70?,85-,86-,87-,88-,89+,90+,91+,92+,97?,98?,99?,100?/m0/s1. The number of hydrogen-bond donors (Lipinski definition) is 4. The van der Waals surface area contributed by atoms with Crippen LogP contribution in [0.5, 0.6) is 0 Å². The van der Waals surface area contributed by atoms with Crippen molar-refractivity contribution in [3.05, 3.63) is 227 Å². The lowest BCUT2D eigenvalue weighted by molar-refractivity contribution is -0.986. The average molecular weight is 1390 g/mol. The Hall–Kier alpha value is -7.36. The third kappa shape index (κ3) is 11.8. The van der Waals surface area contributed by atoms with Crippen molar-refractivity contribution in [2.24, 2.45) is 47.3 Å². The minimum Gasteiger partial charge on any atom is -0.382 e. The Balaban J connectivity index is 0.810. The number of aliphatic hydroxyl groups is 4. The molecule has 0 aliphatic carbocycles. The molecule has 16 heterocycles. The fraction of sp³-hybridized carbons (Fsp3) is 0.478. The van der Waals surface area contributed by atoms with E-state index >= 15 is 0 Å². The van der Waals surface area contributed by atoms with Crippen molar-refractivity contribution >= 4 is 43.6 Å². The molecule has 12 fully saturated rings. The average Bonchev–Trinajstić information content (AvgIpc) is 0.743. The van der Waals surface area contributed by atoms with Gasteiger partial charge >= 0.3 is 0 Å². The molecule has 6 aromatic carbocycles. The summed E-state index contributed by atoms with van der Waals surface area (Å²) in [5, 5.41) is 57.5. The molecule has 0 radical (unpaired) electrons. The number of quaternary nitrogens is 4. The van der Waals surface area contributed by atoms with Crippen molar-refractivity contribution in [2.75, 3.05) is 52.4 Å². The van der Waals surface area contributed by atoms with E-state index in [1.54, 1.807) is 0 Å². The minimum absolute atomic E-state index is 0.0124. The summed E-state index contributed by atoms with van der Waals surface area (Å²) in [6.45, 7) is 21.2. The molecule has 20 atom stereocenters. The maximum atomic E-state index is 13.3. The number of aromatic nitrogens is 4. The molecule has 12 aliphatic heterocycles. The number of fused-ring (bicyclic) bond motifs is 16. The molecule has 12 nitrogen and oxygen atoms in total. The van der Waals surface area contributed by atoms with Crippen LogP contribution in [-0.2, 0) is 26.2 Å². The summed E-state index contributed by atoms with van der Waals surface area (Å²) < 4.78 is 3.40. The van der Waals surface area contributed by atoms with Crippen LogP contribution in [0.4, 0.5) is 0 Å². The van der Waals surface area contributed by atoms with Crippen LogP contribution < -0.4 is 0 Å². The molecule has 538 valence electrons. The van der Waals surface area contributed by atoms with Gasteiger partial charge in [0.05, 0.1) is 74.4 Å². The van der Waals surface area contributed by atoms with E-state index in [0.29, 0.717) is 47.3 Å². The second kappa shape index (κ2) is 27.5. The summed E-state index contributed by atoms with van der Waals surface area (Å²) in [5.41, 5.74) is 15.5. The summed E-state index contributed by atoms with van der Waals surface area (Å²) >= 11 is 0. The fourth-order valence-electron chi connectivity index (χ4n) is 24.7. The van der Waals surface area contributed by atoms with E-state index in [9.17, 15) is 20.4 Å². The van der Waals surface area contributed by atoms with Gasteiger partial charge in [-0.15, -0.1) is 0 Å². The minimum atomic E-state index is -0.658. The predicted octanol–water partition coefficient (Wildman–Crippen LogP) is 17.0. The summed E-state index contributed by atoms with van der Waals surface area (Å²) in [6, 6.07) is 57.7. The quantitative estimate of drug-likeness (QED) is 0.0523. The molecule has 4 N–H and O–H groups in total. The highest BCUT2D eigenvalue weighted by molar-refractivity contribution is 5.85. The maximum absolute atomic E-state index is 13.3. The number of para-hydroxylation sites is 4. The first-order valence-electron chi connectivity index (χ1n) is 40.5. The summed E-state index contributed by atoms with van der Waals surface area (Å²) in [5.74, 6) is 4.60. The van der Waals surface area contributed by atoms with E-state index in [4.69, 9.17) is 19.9 Å². The Kier molecular flexibility index (Phi) is 18.1. The van der Waals surface area contributed by atoms with Crippen LogP contribution >= 0.6 is 0 Å². The van der Waals surface area contributed by atoms with Crippen LogP contribution in [0.2, 0.25) is 0 Å². The summed E-state index contributed by atoms with van der Waals surface area (Å²) in [6.07, 6.45) is 18.2. The second-order valence-electron chi connectivity index (χ2n) is 34.7. The molecule has 12 heteroatoms. The molecule has 8 bridgehead atoms. The molecule has 0 saturated carbocycles. The van der Waals surface area contributed by atoms with Crippen LogP contribution in [0.15, 0.2) is 183 Å². The van der Waals surface area contributed by atoms with E-state index in [1.165, 1.54) is 59.1 Å². The zero-order valence-electron chi connectivity index (χ0n) is 61.9. The fourth-order valence-corrected chi connectivity index (χ4v) is 24.7. The van der Waals surface area contributed by atoms with Gasteiger partial charge in [-0.1, -0.05) is 100 Å². The van der Waals surface area contributed by atoms with E-state index in [1.807, 2.05) is 24.8 Å². The lowest BCUT2D eigenvalue weighted by atomic mass is 9.70. The van der Waals surface area contributed by atoms with Gasteiger partial charge in [0.1, 0.15) is 74.8 Å². The van der Waals surface area contributed by atoms with Crippen molar-refractivity contribution in [1.29, 1.82) is 0 Å². The summed E-state index contributed by atoms with van der Waals surface area (Å²) in [4.78, 5) is 19.2. The Morgan fingerprint density at radius 2 is 0.548 bits per heavy atom. The van der Waals surface area contributed by atoms with Crippen LogP contribution in [-0.4, -0.2) is 135 Å². The Labute approximate surface area is 615 Å². The molecule has 104 heavy (non-hydrogen) atoms.